The molecule has 1 fully saturated rings. The summed E-state index contributed by atoms with van der Waals surface area (Å²) < 4.78 is 11.4. The third-order valence-electron chi connectivity index (χ3n) is 3.74. The van der Waals surface area contributed by atoms with Crippen molar-refractivity contribution in [2.75, 3.05) is 14.2 Å². The fraction of sp³-hybridized carbons (Fsp3) is 0.467. The van der Waals surface area contributed by atoms with Crippen LogP contribution in [0.5, 0.6) is 11.5 Å². The van der Waals surface area contributed by atoms with Crippen molar-refractivity contribution in [1.29, 1.82) is 0 Å². The van der Waals surface area contributed by atoms with E-state index in [1.807, 2.05) is 0 Å². The molecule has 21 heavy (non-hydrogen) atoms. The first-order valence-corrected chi connectivity index (χ1v) is 7.44. The molecule has 1 saturated carbocycles. The SMILES string of the molecule is COc1c(C=O)cc(Br)c(C(CC(=O)O)C2CC2)c1OC. The number of carbonyl (C=O) groups is 2. The van der Waals surface area contributed by atoms with Crippen molar-refractivity contribution in [3.63, 3.8) is 0 Å². The van der Waals surface area contributed by atoms with E-state index in [1.54, 1.807) is 6.07 Å². The number of carboxylic acid groups (broad SMARTS) is 1. The summed E-state index contributed by atoms with van der Waals surface area (Å²) in [6.45, 7) is 0. The summed E-state index contributed by atoms with van der Waals surface area (Å²) in [4.78, 5) is 22.3. The van der Waals surface area contributed by atoms with E-state index in [2.05, 4.69) is 15.9 Å². The van der Waals surface area contributed by atoms with Crippen LogP contribution in [0.25, 0.3) is 0 Å². The number of benzene rings is 1. The van der Waals surface area contributed by atoms with Crippen LogP contribution in [0.3, 0.4) is 0 Å². The van der Waals surface area contributed by atoms with Crippen LogP contribution in [-0.4, -0.2) is 31.6 Å². The molecule has 0 spiro atoms. The van der Waals surface area contributed by atoms with E-state index >= 15 is 0 Å². The Kier molecular flexibility index (Phi) is 4.88. The third-order valence-corrected chi connectivity index (χ3v) is 4.40. The zero-order valence-electron chi connectivity index (χ0n) is 11.9. The predicted molar refractivity (Wildman–Crippen MR) is 80.4 cm³/mol. The molecule has 1 aromatic rings. The minimum absolute atomic E-state index is 0.0310. The lowest BCUT2D eigenvalue weighted by Crippen LogP contribution is -2.12. The smallest absolute Gasteiger partial charge is 0.303 e. The average molecular weight is 357 g/mol. The maximum Gasteiger partial charge on any atom is 0.303 e. The Labute approximate surface area is 131 Å². The van der Waals surface area contributed by atoms with Gasteiger partial charge >= 0.3 is 5.97 Å². The Morgan fingerprint density at radius 1 is 1.43 bits per heavy atom. The van der Waals surface area contributed by atoms with E-state index in [0.717, 1.165) is 18.4 Å². The van der Waals surface area contributed by atoms with Crippen LogP contribution in [0.1, 0.15) is 41.1 Å². The normalized spacial score (nSPS) is 15.4. The number of carbonyl (C=O) groups excluding carboxylic acids is 1. The first kappa shape index (κ1) is 15.8. The van der Waals surface area contributed by atoms with Crippen LogP contribution in [0.2, 0.25) is 0 Å². The van der Waals surface area contributed by atoms with Crippen molar-refractivity contribution < 1.29 is 24.2 Å². The molecular weight excluding hydrogens is 340 g/mol. The molecule has 1 atom stereocenters. The van der Waals surface area contributed by atoms with Crippen molar-refractivity contribution >= 4 is 28.2 Å². The fourth-order valence-corrected chi connectivity index (χ4v) is 3.40. The van der Waals surface area contributed by atoms with E-state index in [1.165, 1.54) is 14.2 Å². The average Bonchev–Trinajstić information content (AvgIpc) is 3.28. The first-order valence-electron chi connectivity index (χ1n) is 6.64. The van der Waals surface area contributed by atoms with E-state index in [9.17, 15) is 9.59 Å². The lowest BCUT2D eigenvalue weighted by atomic mass is 9.89. The predicted octanol–water partition coefficient (Wildman–Crippen LogP) is 3.25. The third kappa shape index (κ3) is 3.20. The molecule has 2 rings (SSSR count). The molecule has 5 nitrogen and oxygen atoms in total. The number of halogens is 1. The molecule has 6 heteroatoms. The van der Waals surface area contributed by atoms with Gasteiger partial charge in [-0.05, 0) is 24.8 Å². The number of hydrogen-bond donors (Lipinski definition) is 1. The van der Waals surface area contributed by atoms with E-state index in [-0.39, 0.29) is 12.3 Å². The number of aldehydes is 1. The summed E-state index contributed by atoms with van der Waals surface area (Å²) in [6, 6.07) is 1.65. The largest absolute Gasteiger partial charge is 0.492 e. The molecule has 0 bridgehead atoms. The second kappa shape index (κ2) is 6.47. The summed E-state index contributed by atoms with van der Waals surface area (Å²) in [7, 11) is 2.96. The van der Waals surface area contributed by atoms with E-state index < -0.39 is 5.97 Å². The molecule has 1 aliphatic carbocycles. The summed E-state index contributed by atoms with van der Waals surface area (Å²) in [6.07, 6.45) is 2.74. The van der Waals surface area contributed by atoms with Crippen LogP contribution >= 0.6 is 15.9 Å². The van der Waals surface area contributed by atoms with Gasteiger partial charge in [0.1, 0.15) is 0 Å². The number of rotatable bonds is 7. The maximum atomic E-state index is 11.2. The topological polar surface area (TPSA) is 72.8 Å². The Morgan fingerprint density at radius 3 is 2.48 bits per heavy atom. The summed E-state index contributed by atoms with van der Waals surface area (Å²) in [5, 5.41) is 9.16. The van der Waals surface area contributed by atoms with Gasteiger partial charge in [-0.15, -0.1) is 0 Å². The minimum Gasteiger partial charge on any atom is -0.492 e. The van der Waals surface area contributed by atoms with Gasteiger partial charge in [-0.2, -0.15) is 0 Å². The second-order valence-electron chi connectivity index (χ2n) is 5.09. The molecule has 0 aliphatic heterocycles. The van der Waals surface area contributed by atoms with Gasteiger partial charge in [0.05, 0.1) is 26.2 Å². The lowest BCUT2D eigenvalue weighted by Gasteiger charge is -2.22. The highest BCUT2D eigenvalue weighted by molar-refractivity contribution is 9.10. The molecule has 0 heterocycles. The maximum absolute atomic E-state index is 11.2. The standard InChI is InChI=1S/C15H17BrO5/c1-20-14-9(7-17)5-11(16)13(15(14)21-2)10(6-12(18)19)8-3-4-8/h5,7-8,10H,3-4,6H2,1-2H3,(H,18,19). The molecule has 114 valence electrons. The number of carboxylic acids is 1. The van der Waals surface area contributed by atoms with Crippen LogP contribution in [0.4, 0.5) is 0 Å². The molecule has 0 saturated heterocycles. The van der Waals surface area contributed by atoms with E-state index in [0.29, 0.717) is 33.7 Å². The van der Waals surface area contributed by atoms with Gasteiger partial charge in [0.15, 0.2) is 17.8 Å². The van der Waals surface area contributed by atoms with Crippen molar-refractivity contribution in [2.45, 2.75) is 25.2 Å². The van der Waals surface area contributed by atoms with E-state index in [4.69, 9.17) is 14.6 Å². The Morgan fingerprint density at radius 2 is 2.05 bits per heavy atom. The highest BCUT2D eigenvalue weighted by Crippen LogP contribution is 2.52. The van der Waals surface area contributed by atoms with Crippen molar-refractivity contribution in [2.24, 2.45) is 5.92 Å². The molecule has 0 aromatic heterocycles. The molecule has 0 amide bonds. The summed E-state index contributed by atoms with van der Waals surface area (Å²) in [5.74, 6) is 0.118. The van der Waals surface area contributed by atoms with Crippen LogP contribution in [0, 0.1) is 5.92 Å². The van der Waals surface area contributed by atoms with Crippen LogP contribution < -0.4 is 9.47 Å². The highest BCUT2D eigenvalue weighted by atomic mass is 79.9. The quantitative estimate of drug-likeness (QED) is 0.759. The lowest BCUT2D eigenvalue weighted by molar-refractivity contribution is -0.137. The molecule has 1 aromatic carbocycles. The zero-order valence-corrected chi connectivity index (χ0v) is 13.5. The number of methoxy groups -OCH3 is 2. The summed E-state index contributed by atoms with van der Waals surface area (Å²) >= 11 is 3.44. The van der Waals surface area contributed by atoms with Crippen molar-refractivity contribution in [3.05, 3.63) is 21.7 Å². The molecule has 1 N–H and O–H groups in total. The number of hydrogen-bond acceptors (Lipinski definition) is 4. The van der Waals surface area contributed by atoms with Gasteiger partial charge < -0.3 is 14.6 Å². The molecule has 1 unspecified atom stereocenters. The Bertz CT molecular complexity index is 566. The van der Waals surface area contributed by atoms with Gasteiger partial charge in [0, 0.05) is 16.0 Å². The first-order chi connectivity index (χ1) is 10.0. The number of aliphatic carboxylic acids is 1. The number of ether oxygens (including phenoxy) is 2. The zero-order chi connectivity index (χ0) is 15.6. The molecular formula is C15H17BrO5. The van der Waals surface area contributed by atoms with Gasteiger partial charge in [-0.3, -0.25) is 9.59 Å². The van der Waals surface area contributed by atoms with Gasteiger partial charge in [-0.25, -0.2) is 0 Å². The van der Waals surface area contributed by atoms with Gasteiger partial charge in [-0.1, -0.05) is 15.9 Å². The fourth-order valence-electron chi connectivity index (χ4n) is 2.68. The molecule has 1 aliphatic rings. The van der Waals surface area contributed by atoms with Crippen LogP contribution in [0.15, 0.2) is 10.5 Å². The minimum atomic E-state index is -0.848. The Balaban J connectivity index is 2.59. The molecule has 0 radical (unpaired) electrons. The monoisotopic (exact) mass is 356 g/mol. The van der Waals surface area contributed by atoms with Crippen LogP contribution in [-0.2, 0) is 4.79 Å². The van der Waals surface area contributed by atoms with Gasteiger partial charge in [0.25, 0.3) is 0 Å². The van der Waals surface area contributed by atoms with Gasteiger partial charge in [0.2, 0.25) is 0 Å². The Hall–Kier alpha value is -1.56. The highest BCUT2D eigenvalue weighted by Gasteiger charge is 2.37. The van der Waals surface area contributed by atoms with Crippen molar-refractivity contribution in [3.8, 4) is 11.5 Å². The summed E-state index contributed by atoms with van der Waals surface area (Å²) in [5.41, 5.74) is 1.14. The second-order valence-corrected chi connectivity index (χ2v) is 5.94. The van der Waals surface area contributed by atoms with Crippen molar-refractivity contribution in [1.82, 2.24) is 0 Å².